The van der Waals surface area contributed by atoms with E-state index >= 15 is 0 Å². The van der Waals surface area contributed by atoms with E-state index in [0.717, 1.165) is 0 Å². The van der Waals surface area contributed by atoms with Crippen LogP contribution in [0.5, 0.6) is 5.75 Å². The summed E-state index contributed by atoms with van der Waals surface area (Å²) in [5.41, 5.74) is 0.634. The first-order valence-electron chi connectivity index (χ1n) is 13.3. The lowest BCUT2D eigenvalue weighted by atomic mass is 10.0. The molecule has 4 amide bonds. The number of likely N-dealkylation sites (tertiary alicyclic amines) is 1. The molecular weight excluding hydrogens is 510 g/mol. The second-order valence-corrected chi connectivity index (χ2v) is 10.7. The molecule has 0 aliphatic carbocycles. The van der Waals surface area contributed by atoms with Crippen LogP contribution in [0, 0.1) is 0 Å². The summed E-state index contributed by atoms with van der Waals surface area (Å²) < 4.78 is 5.73. The van der Waals surface area contributed by atoms with E-state index in [1.165, 1.54) is 11.8 Å². The van der Waals surface area contributed by atoms with E-state index in [4.69, 9.17) is 4.74 Å². The number of ether oxygens (including phenoxy) is 1. The lowest BCUT2D eigenvalue weighted by Crippen LogP contribution is -2.63. The van der Waals surface area contributed by atoms with E-state index < -0.39 is 48.3 Å². The van der Waals surface area contributed by atoms with Gasteiger partial charge in [-0.25, -0.2) is 0 Å². The Bertz CT molecular complexity index is 1130. The average Bonchev–Trinajstić information content (AvgIpc) is 3.42. The highest BCUT2D eigenvalue weighted by molar-refractivity contribution is 5.89. The predicted molar refractivity (Wildman–Crippen MR) is 135 cm³/mol. The molecule has 5 N–H and O–H groups in total. The summed E-state index contributed by atoms with van der Waals surface area (Å²) in [4.78, 5) is 57.2. The van der Waals surface area contributed by atoms with Crippen LogP contribution in [-0.4, -0.2) is 129 Å². The van der Waals surface area contributed by atoms with E-state index in [1.807, 2.05) is 4.90 Å². The van der Waals surface area contributed by atoms with Gasteiger partial charge in [-0.2, -0.15) is 0 Å². The second kappa shape index (κ2) is 11.1. The van der Waals surface area contributed by atoms with Gasteiger partial charge in [0, 0.05) is 51.3 Å². The Balaban J connectivity index is 1.44. The van der Waals surface area contributed by atoms with Crippen molar-refractivity contribution in [3.05, 3.63) is 29.8 Å². The van der Waals surface area contributed by atoms with Crippen molar-refractivity contribution in [1.82, 2.24) is 25.3 Å². The number of fused-ring (bicyclic) bond motifs is 6. The average molecular weight is 546 g/mol. The molecule has 13 heteroatoms. The maximum Gasteiger partial charge on any atom is 0.244 e. The fourth-order valence-corrected chi connectivity index (χ4v) is 6.05. The Morgan fingerprint density at radius 1 is 1.05 bits per heavy atom. The van der Waals surface area contributed by atoms with Gasteiger partial charge in [0.05, 0.1) is 25.1 Å². The summed E-state index contributed by atoms with van der Waals surface area (Å²) in [7, 11) is 0. The van der Waals surface area contributed by atoms with Gasteiger partial charge >= 0.3 is 0 Å². The molecule has 0 unspecified atom stereocenters. The minimum Gasteiger partial charge on any atom is -0.508 e. The van der Waals surface area contributed by atoms with Gasteiger partial charge in [-0.05, 0) is 12.5 Å². The summed E-state index contributed by atoms with van der Waals surface area (Å²) in [6.07, 6.45) is -4.43. The molecule has 5 rings (SSSR count). The maximum atomic E-state index is 13.8. The molecule has 13 nitrogen and oxygen atoms in total. The Hall–Kier alpha value is -3.26. The monoisotopic (exact) mass is 545 g/mol. The molecule has 4 aliphatic heterocycles. The molecule has 6 bridgehead atoms. The number of carbonyl (C=O) groups excluding carboxylic acids is 4. The molecule has 0 aromatic heterocycles. The van der Waals surface area contributed by atoms with Gasteiger partial charge in [0.2, 0.25) is 23.6 Å². The molecule has 0 saturated carbocycles. The zero-order chi connectivity index (χ0) is 27.8. The van der Waals surface area contributed by atoms with Gasteiger partial charge in [-0.1, -0.05) is 18.2 Å². The van der Waals surface area contributed by atoms with Crippen molar-refractivity contribution >= 4 is 23.6 Å². The van der Waals surface area contributed by atoms with E-state index in [0.29, 0.717) is 18.5 Å². The Labute approximate surface area is 225 Å². The highest BCUT2D eigenvalue weighted by atomic mass is 16.5. The predicted octanol–water partition coefficient (Wildman–Crippen LogP) is -2.48. The van der Waals surface area contributed by atoms with Crippen LogP contribution in [0.2, 0.25) is 0 Å². The number of hydrogen-bond donors (Lipinski definition) is 5. The van der Waals surface area contributed by atoms with Crippen LogP contribution in [0.15, 0.2) is 24.3 Å². The number of rotatable bonds is 2. The normalized spacial score (nSPS) is 34.1. The highest BCUT2D eigenvalue weighted by Crippen LogP contribution is 2.28. The molecule has 39 heavy (non-hydrogen) atoms. The number of benzene rings is 1. The molecule has 212 valence electrons. The molecule has 7 atom stereocenters. The van der Waals surface area contributed by atoms with Crippen LogP contribution in [0.3, 0.4) is 0 Å². The first-order valence-corrected chi connectivity index (χ1v) is 13.3. The number of carbonyl (C=O) groups is 4. The zero-order valence-electron chi connectivity index (χ0n) is 21.7. The Morgan fingerprint density at radius 2 is 1.79 bits per heavy atom. The smallest absolute Gasteiger partial charge is 0.244 e. The number of aromatic hydroxyl groups is 1. The van der Waals surface area contributed by atoms with Crippen LogP contribution in [0.4, 0.5) is 0 Å². The van der Waals surface area contributed by atoms with E-state index in [1.54, 1.807) is 29.2 Å². The largest absolute Gasteiger partial charge is 0.508 e. The van der Waals surface area contributed by atoms with Crippen LogP contribution < -0.4 is 10.6 Å². The number of phenols is 1. The summed E-state index contributed by atoms with van der Waals surface area (Å²) in [6, 6.07) is 4.89. The fraction of sp³-hybridized carbons (Fsp3) is 0.615. The van der Waals surface area contributed by atoms with Gasteiger partial charge in [0.25, 0.3) is 0 Å². The summed E-state index contributed by atoms with van der Waals surface area (Å²) in [5.74, 6) is -1.31. The van der Waals surface area contributed by atoms with Crippen molar-refractivity contribution in [3.8, 4) is 5.75 Å². The lowest BCUT2D eigenvalue weighted by Gasteiger charge is -2.41. The van der Waals surface area contributed by atoms with Gasteiger partial charge in [-0.3, -0.25) is 24.1 Å². The zero-order valence-corrected chi connectivity index (χ0v) is 21.7. The van der Waals surface area contributed by atoms with Crippen LogP contribution in [0.25, 0.3) is 0 Å². The van der Waals surface area contributed by atoms with Crippen molar-refractivity contribution in [3.63, 3.8) is 0 Å². The number of nitrogens with zero attached hydrogens (tertiary/aromatic N) is 3. The summed E-state index contributed by atoms with van der Waals surface area (Å²) >= 11 is 0. The molecule has 0 spiro atoms. The number of amides is 4. The number of hydrogen-bond acceptors (Lipinski definition) is 9. The van der Waals surface area contributed by atoms with E-state index in [9.17, 15) is 34.5 Å². The fourth-order valence-electron chi connectivity index (χ4n) is 6.05. The molecular formula is C26H35N5O8. The Morgan fingerprint density at radius 3 is 2.54 bits per heavy atom. The topological polar surface area (TPSA) is 172 Å². The number of phenolic OH excluding ortho intramolecular Hbond substituents is 1. The van der Waals surface area contributed by atoms with Crippen molar-refractivity contribution in [1.29, 1.82) is 0 Å². The second-order valence-electron chi connectivity index (χ2n) is 10.7. The van der Waals surface area contributed by atoms with Crippen LogP contribution in [-0.2, 0) is 30.5 Å². The minimum absolute atomic E-state index is 0.0124. The molecule has 4 heterocycles. The summed E-state index contributed by atoms with van der Waals surface area (Å²) in [6.45, 7) is 2.25. The van der Waals surface area contributed by atoms with Gasteiger partial charge in [-0.15, -0.1) is 0 Å². The Kier molecular flexibility index (Phi) is 7.76. The third-order valence-electron chi connectivity index (χ3n) is 8.14. The van der Waals surface area contributed by atoms with Crippen LogP contribution in [0.1, 0.15) is 25.3 Å². The van der Waals surface area contributed by atoms with Gasteiger partial charge in [0.15, 0.2) is 0 Å². The highest BCUT2D eigenvalue weighted by Gasteiger charge is 2.46. The number of nitrogens with one attached hydrogen (secondary N) is 2. The van der Waals surface area contributed by atoms with Crippen molar-refractivity contribution < 1.29 is 39.2 Å². The summed E-state index contributed by atoms with van der Waals surface area (Å²) in [5, 5.41) is 36.9. The molecule has 4 saturated heterocycles. The standard InChI is InChI=1S/C26H35N5O8/c1-14(32)31-7-6-29-13-18(31)25(37)27-10-21-24(36)23(35)20(39-21)9-22(34)28-16-8-17(26(29)38)30(12-16)11-15-4-2-3-5-19(15)33/h2-5,16-18,20-21,23-24,33,35-36H,6-13H2,1H3,(H,27,37)(H,28,34)/t16-,17-,18-,20-,21+,23-,24+/m0/s1. The van der Waals surface area contributed by atoms with Crippen molar-refractivity contribution in [2.24, 2.45) is 0 Å². The molecule has 0 radical (unpaired) electrons. The molecule has 4 fully saturated rings. The molecule has 1 aromatic rings. The maximum absolute atomic E-state index is 13.8. The van der Waals surface area contributed by atoms with Gasteiger partial charge in [0.1, 0.15) is 30.1 Å². The number of piperazine rings is 1. The van der Waals surface area contributed by atoms with Crippen molar-refractivity contribution in [2.75, 3.05) is 32.7 Å². The quantitative estimate of drug-likeness (QED) is 0.270. The third kappa shape index (κ3) is 5.57. The number of para-hydroxylation sites is 1. The van der Waals surface area contributed by atoms with Gasteiger partial charge < -0.3 is 40.5 Å². The van der Waals surface area contributed by atoms with Crippen molar-refractivity contribution in [2.45, 2.75) is 68.9 Å². The number of aliphatic hydroxyl groups is 2. The first-order chi connectivity index (χ1) is 18.6. The minimum atomic E-state index is -1.32. The van der Waals surface area contributed by atoms with E-state index in [2.05, 4.69) is 10.6 Å². The first kappa shape index (κ1) is 27.3. The number of aliphatic hydroxyl groups excluding tert-OH is 2. The third-order valence-corrected chi connectivity index (χ3v) is 8.14. The lowest BCUT2D eigenvalue weighted by molar-refractivity contribution is -0.149. The molecule has 4 aliphatic rings. The van der Waals surface area contributed by atoms with Crippen LogP contribution >= 0.6 is 0 Å². The molecule has 1 aromatic carbocycles. The SMILES string of the molecule is CC(=O)N1CCN2C[C@H]1C(=O)NC[C@H]1O[C@@H](CC(=O)N[C@H]3C[C@@H](C2=O)N(Cc2ccccc2O)C3)[C@H](O)[C@@H]1O. The van der Waals surface area contributed by atoms with E-state index in [-0.39, 0.29) is 62.8 Å².